The first-order valence-electron chi connectivity index (χ1n) is 16.0. The number of benzene rings is 5. The van der Waals surface area contributed by atoms with Gasteiger partial charge in [-0.2, -0.15) is 0 Å². The first-order valence-corrected chi connectivity index (χ1v) is 16.0. The molecule has 226 valence electrons. The molecule has 0 bridgehead atoms. The Morgan fingerprint density at radius 2 is 1.07 bits per heavy atom. The molecule has 4 heteroatoms. The fourth-order valence-electron chi connectivity index (χ4n) is 6.98. The summed E-state index contributed by atoms with van der Waals surface area (Å²) in [5.41, 5.74) is 4.29. The first kappa shape index (κ1) is 29.1. The molecule has 2 aliphatic carbocycles. The summed E-state index contributed by atoms with van der Waals surface area (Å²) in [4.78, 5) is 0. The monoisotopic (exact) mass is 594 g/mol. The van der Waals surface area contributed by atoms with E-state index in [1.54, 1.807) is 0 Å². The molecule has 2 N–H and O–H groups in total. The van der Waals surface area contributed by atoms with Gasteiger partial charge in [-0.1, -0.05) is 91.0 Å². The second-order valence-electron chi connectivity index (χ2n) is 11.8. The summed E-state index contributed by atoms with van der Waals surface area (Å²) in [7, 11) is 0. The zero-order chi connectivity index (χ0) is 30.6. The Labute approximate surface area is 263 Å². The second kappa shape index (κ2) is 12.8. The van der Waals surface area contributed by atoms with Crippen molar-refractivity contribution in [1.29, 1.82) is 0 Å². The maximum Gasteiger partial charge on any atom is 0.119 e. The molecule has 0 amide bonds. The van der Waals surface area contributed by atoms with Gasteiger partial charge in [0.25, 0.3) is 0 Å². The van der Waals surface area contributed by atoms with E-state index in [-0.39, 0.29) is 13.2 Å². The summed E-state index contributed by atoms with van der Waals surface area (Å²) in [6.45, 7) is 1.52. The van der Waals surface area contributed by atoms with Crippen LogP contribution in [0.5, 0.6) is 11.5 Å². The first-order chi connectivity index (χ1) is 22.2. The van der Waals surface area contributed by atoms with Crippen molar-refractivity contribution in [2.24, 2.45) is 0 Å². The van der Waals surface area contributed by atoms with Crippen LogP contribution in [0.2, 0.25) is 0 Å². The highest BCUT2D eigenvalue weighted by atomic mass is 16.5. The van der Waals surface area contributed by atoms with Crippen LogP contribution in [0.3, 0.4) is 0 Å². The molecule has 5 aromatic carbocycles. The van der Waals surface area contributed by atoms with E-state index in [2.05, 4.69) is 121 Å². The van der Waals surface area contributed by atoms with Crippen molar-refractivity contribution in [1.82, 2.24) is 0 Å². The molecule has 7 rings (SSSR count). The number of ether oxygens (including phenoxy) is 2. The Morgan fingerprint density at radius 3 is 1.62 bits per heavy atom. The van der Waals surface area contributed by atoms with Gasteiger partial charge in [-0.15, -0.1) is 0 Å². The highest BCUT2D eigenvalue weighted by Crippen LogP contribution is 2.48. The van der Waals surface area contributed by atoms with E-state index in [9.17, 15) is 0 Å². The summed E-state index contributed by atoms with van der Waals surface area (Å²) in [6.07, 6.45) is 12.3. The van der Waals surface area contributed by atoms with Crippen LogP contribution in [0.25, 0.3) is 33.2 Å². The number of hydrogen-bond donors (Lipinski definition) is 2. The number of aliphatic hydroxyl groups is 2. The van der Waals surface area contributed by atoms with E-state index in [1.165, 1.54) is 43.1 Å². The Balaban J connectivity index is 1.44. The van der Waals surface area contributed by atoms with Gasteiger partial charge in [-0.25, -0.2) is 0 Å². The van der Waals surface area contributed by atoms with E-state index in [0.717, 1.165) is 48.3 Å². The smallest absolute Gasteiger partial charge is 0.119 e. The molecular weight excluding hydrogens is 556 g/mol. The van der Waals surface area contributed by atoms with Crippen molar-refractivity contribution in [2.75, 3.05) is 26.4 Å². The van der Waals surface area contributed by atoms with Gasteiger partial charge >= 0.3 is 0 Å². The fraction of sp³-hybridized carbons (Fsp3) is 0.220. The van der Waals surface area contributed by atoms with Crippen LogP contribution < -0.4 is 19.9 Å². The maximum atomic E-state index is 9.14. The molecule has 0 aliphatic heterocycles. The van der Waals surface area contributed by atoms with Gasteiger partial charge in [-0.05, 0) is 110 Å². The minimum Gasteiger partial charge on any atom is -0.494 e. The van der Waals surface area contributed by atoms with Gasteiger partial charge in [0.1, 0.15) is 11.5 Å². The third kappa shape index (κ3) is 5.24. The molecule has 4 nitrogen and oxygen atoms in total. The highest BCUT2D eigenvalue weighted by molar-refractivity contribution is 6.12. The number of hydrogen-bond acceptors (Lipinski definition) is 4. The van der Waals surface area contributed by atoms with Crippen LogP contribution in [-0.2, 0) is 5.41 Å². The van der Waals surface area contributed by atoms with Gasteiger partial charge in [0.05, 0.1) is 18.6 Å². The standard InChI is InChI=1S/C41H38O4/c42-24-5-7-26-44-32-19-15-30(16-20-32)41(31-17-21-33(22-18-31)45-27-8-6-25-43)23-9-10-29-28-38-36-13-2-1-11-34(36)35-12-3-4-14-37(35)39(38)40(29)41/h1-4,9-23,28,42-43H,5-8,24-27H2. The zero-order valence-corrected chi connectivity index (χ0v) is 25.4. The van der Waals surface area contributed by atoms with Crippen molar-refractivity contribution in [2.45, 2.75) is 31.1 Å². The molecule has 0 unspecified atom stereocenters. The molecule has 0 saturated heterocycles. The van der Waals surface area contributed by atoms with Gasteiger partial charge in [0, 0.05) is 13.2 Å². The van der Waals surface area contributed by atoms with E-state index >= 15 is 0 Å². The highest BCUT2D eigenvalue weighted by Gasteiger charge is 2.41. The molecule has 0 heterocycles. The van der Waals surface area contributed by atoms with E-state index in [0.29, 0.717) is 13.2 Å². The van der Waals surface area contributed by atoms with Crippen LogP contribution >= 0.6 is 0 Å². The SMILES string of the molecule is OCCCCOc1ccc(C2(c3ccc(OCCCCO)cc3)C=CC=C3C=c4c(c5ccccc5c5ccccc45)=C32)cc1. The molecule has 0 fully saturated rings. The number of aliphatic hydroxyl groups excluding tert-OH is 2. The predicted octanol–water partition coefficient (Wildman–Crippen LogP) is 6.72. The molecule has 45 heavy (non-hydrogen) atoms. The van der Waals surface area contributed by atoms with Gasteiger partial charge in [0.2, 0.25) is 0 Å². The normalized spacial score (nSPS) is 14.6. The number of fused-ring (bicyclic) bond motifs is 7. The summed E-state index contributed by atoms with van der Waals surface area (Å²) < 4.78 is 12.0. The topological polar surface area (TPSA) is 58.9 Å². The summed E-state index contributed by atoms with van der Waals surface area (Å²) in [5.74, 6) is 1.66. The largest absolute Gasteiger partial charge is 0.494 e. The summed E-state index contributed by atoms with van der Waals surface area (Å²) in [6, 6.07) is 34.6. The fourth-order valence-corrected chi connectivity index (χ4v) is 6.98. The van der Waals surface area contributed by atoms with E-state index in [4.69, 9.17) is 19.7 Å². The van der Waals surface area contributed by atoms with Gasteiger partial charge in [0.15, 0.2) is 0 Å². The second-order valence-corrected chi connectivity index (χ2v) is 11.8. The lowest BCUT2D eigenvalue weighted by Gasteiger charge is -2.37. The molecule has 0 aromatic heterocycles. The number of rotatable bonds is 12. The minimum atomic E-state index is -0.554. The average molecular weight is 595 g/mol. The average Bonchev–Trinajstić information content (AvgIpc) is 3.50. The summed E-state index contributed by atoms with van der Waals surface area (Å²) in [5, 5.41) is 25.9. The molecule has 0 spiro atoms. The lowest BCUT2D eigenvalue weighted by atomic mass is 9.65. The van der Waals surface area contributed by atoms with E-state index < -0.39 is 5.41 Å². The maximum absolute atomic E-state index is 9.14. The molecule has 0 radical (unpaired) electrons. The van der Waals surface area contributed by atoms with Crippen molar-refractivity contribution >= 4 is 33.2 Å². The van der Waals surface area contributed by atoms with E-state index in [1.807, 2.05) is 0 Å². The van der Waals surface area contributed by atoms with Crippen molar-refractivity contribution in [3.63, 3.8) is 0 Å². The van der Waals surface area contributed by atoms with Crippen molar-refractivity contribution < 1.29 is 19.7 Å². The third-order valence-electron chi connectivity index (χ3n) is 9.09. The molecule has 0 atom stereocenters. The van der Waals surface area contributed by atoms with Crippen LogP contribution in [0, 0.1) is 0 Å². The van der Waals surface area contributed by atoms with Crippen LogP contribution in [0.15, 0.2) is 121 Å². The lowest BCUT2D eigenvalue weighted by molar-refractivity contribution is 0.253. The quantitative estimate of drug-likeness (QED) is 0.124. The van der Waals surface area contributed by atoms with Crippen molar-refractivity contribution in [3.8, 4) is 11.5 Å². The third-order valence-corrected chi connectivity index (χ3v) is 9.09. The Bertz CT molecular complexity index is 1960. The zero-order valence-electron chi connectivity index (χ0n) is 25.4. The Kier molecular flexibility index (Phi) is 8.25. The van der Waals surface area contributed by atoms with Crippen molar-refractivity contribution in [3.05, 3.63) is 142 Å². The molecule has 5 aromatic rings. The summed E-state index contributed by atoms with van der Waals surface area (Å²) >= 11 is 0. The minimum absolute atomic E-state index is 0.181. The Hall–Kier alpha value is -4.64. The lowest BCUT2D eigenvalue weighted by Crippen LogP contribution is -2.35. The molecule has 2 aliphatic rings. The van der Waals surface area contributed by atoms with Crippen LogP contribution in [0.4, 0.5) is 0 Å². The van der Waals surface area contributed by atoms with Gasteiger partial charge in [-0.3, -0.25) is 0 Å². The Morgan fingerprint density at radius 1 is 0.556 bits per heavy atom. The van der Waals surface area contributed by atoms with Crippen LogP contribution in [0.1, 0.15) is 36.8 Å². The van der Waals surface area contributed by atoms with Crippen LogP contribution in [-0.4, -0.2) is 36.6 Å². The predicted molar refractivity (Wildman–Crippen MR) is 183 cm³/mol. The molecular formula is C41H38O4. The number of unbranched alkanes of at least 4 members (excludes halogenated alkanes) is 2. The van der Waals surface area contributed by atoms with Gasteiger partial charge < -0.3 is 19.7 Å². The molecule has 0 saturated carbocycles. The number of allylic oxidation sites excluding steroid dienone is 4.